The highest BCUT2D eigenvalue weighted by Crippen LogP contribution is 2.35. The van der Waals surface area contributed by atoms with E-state index < -0.39 is 10.1 Å². The van der Waals surface area contributed by atoms with Crippen LogP contribution in [0.4, 0.5) is 0 Å². The second kappa shape index (κ2) is 3.17. The SMILES string of the molecule is O=C=C1C=C(S(=O)(=O)O)c2ccccc21. The first kappa shape index (κ1) is 9.86. The van der Waals surface area contributed by atoms with Crippen LogP contribution in [0.5, 0.6) is 0 Å². The smallest absolute Gasteiger partial charge is 0.282 e. The Balaban J connectivity index is 2.80. The fourth-order valence-electron chi connectivity index (χ4n) is 1.52. The van der Waals surface area contributed by atoms with Crippen molar-refractivity contribution >= 4 is 26.5 Å². The van der Waals surface area contributed by atoms with E-state index >= 15 is 0 Å². The third-order valence-electron chi connectivity index (χ3n) is 2.15. The predicted molar refractivity (Wildman–Crippen MR) is 55.1 cm³/mol. The van der Waals surface area contributed by atoms with Gasteiger partial charge in [0.05, 0.1) is 5.57 Å². The van der Waals surface area contributed by atoms with Crippen molar-refractivity contribution in [3.63, 3.8) is 0 Å². The van der Waals surface area contributed by atoms with Crippen molar-refractivity contribution < 1.29 is 17.8 Å². The van der Waals surface area contributed by atoms with Crippen LogP contribution in [-0.2, 0) is 14.9 Å². The van der Waals surface area contributed by atoms with Gasteiger partial charge in [0.15, 0.2) is 0 Å². The minimum atomic E-state index is -4.30. The summed E-state index contributed by atoms with van der Waals surface area (Å²) in [5.74, 6) is 1.64. The van der Waals surface area contributed by atoms with Crippen molar-refractivity contribution in [1.82, 2.24) is 0 Å². The molecule has 0 saturated heterocycles. The standard InChI is InChI=1S/C10H6O4S/c11-6-7-5-10(15(12,13)14)9-4-2-1-3-8(7)9/h1-5H,(H,12,13,14). The van der Waals surface area contributed by atoms with Gasteiger partial charge in [0.2, 0.25) is 0 Å². The zero-order valence-electron chi connectivity index (χ0n) is 7.47. The number of benzene rings is 1. The van der Waals surface area contributed by atoms with E-state index in [1.807, 2.05) is 0 Å². The Kier molecular flexibility index (Phi) is 2.08. The second-order valence-corrected chi connectivity index (χ2v) is 4.43. The Bertz CT molecular complexity index is 604. The molecule has 4 nitrogen and oxygen atoms in total. The molecule has 0 aromatic heterocycles. The van der Waals surface area contributed by atoms with Crippen molar-refractivity contribution in [2.45, 2.75) is 0 Å². The minimum Gasteiger partial charge on any atom is -0.282 e. The average molecular weight is 222 g/mol. The number of rotatable bonds is 1. The average Bonchev–Trinajstić information content (AvgIpc) is 2.55. The maximum Gasteiger partial charge on any atom is 0.295 e. The first-order valence-electron chi connectivity index (χ1n) is 4.08. The topological polar surface area (TPSA) is 71.4 Å². The lowest BCUT2D eigenvalue weighted by Gasteiger charge is -2.00. The van der Waals surface area contributed by atoms with Crippen LogP contribution in [0.1, 0.15) is 11.1 Å². The monoisotopic (exact) mass is 222 g/mol. The van der Waals surface area contributed by atoms with E-state index in [0.717, 1.165) is 6.08 Å². The van der Waals surface area contributed by atoms with Crippen LogP contribution in [0, 0.1) is 0 Å². The Morgan fingerprint density at radius 2 is 1.73 bits per heavy atom. The third-order valence-corrected chi connectivity index (χ3v) is 3.04. The Labute approximate surface area is 86.3 Å². The molecule has 15 heavy (non-hydrogen) atoms. The Hall–Kier alpha value is -1.68. The second-order valence-electron chi connectivity index (χ2n) is 3.04. The van der Waals surface area contributed by atoms with Gasteiger partial charge in [0.25, 0.3) is 10.1 Å². The summed E-state index contributed by atoms with van der Waals surface area (Å²) < 4.78 is 30.9. The minimum absolute atomic E-state index is 0.137. The van der Waals surface area contributed by atoms with E-state index in [1.54, 1.807) is 24.1 Å². The zero-order valence-corrected chi connectivity index (χ0v) is 8.28. The summed E-state index contributed by atoms with van der Waals surface area (Å²) in [5, 5.41) is 0. The number of hydrogen-bond donors (Lipinski definition) is 1. The van der Waals surface area contributed by atoms with Gasteiger partial charge in [-0.05, 0) is 6.08 Å². The molecular formula is C10H6O4S. The van der Waals surface area contributed by atoms with E-state index in [2.05, 4.69) is 0 Å². The molecule has 1 N–H and O–H groups in total. The summed E-state index contributed by atoms with van der Waals surface area (Å²) in [6.07, 6.45) is 1.12. The largest absolute Gasteiger partial charge is 0.295 e. The van der Waals surface area contributed by atoms with Crippen molar-refractivity contribution in [2.75, 3.05) is 0 Å². The van der Waals surface area contributed by atoms with Crippen LogP contribution < -0.4 is 0 Å². The third kappa shape index (κ3) is 1.53. The molecule has 0 fully saturated rings. The van der Waals surface area contributed by atoms with E-state index in [4.69, 9.17) is 4.55 Å². The predicted octanol–water partition coefficient (Wildman–Crippen LogP) is 1.14. The van der Waals surface area contributed by atoms with Crippen molar-refractivity contribution in [1.29, 1.82) is 0 Å². The highest BCUT2D eigenvalue weighted by atomic mass is 32.2. The Morgan fingerprint density at radius 1 is 1.13 bits per heavy atom. The fraction of sp³-hybridized carbons (Fsp3) is 0. The van der Waals surface area contributed by atoms with Gasteiger partial charge >= 0.3 is 0 Å². The molecule has 2 rings (SSSR count). The summed E-state index contributed by atoms with van der Waals surface area (Å²) in [4.78, 5) is 10.3. The summed E-state index contributed by atoms with van der Waals surface area (Å²) in [5.41, 5.74) is 0.941. The molecule has 0 aliphatic heterocycles. The molecule has 0 unspecified atom stereocenters. The molecule has 0 saturated carbocycles. The highest BCUT2D eigenvalue weighted by Gasteiger charge is 2.26. The number of hydrogen-bond acceptors (Lipinski definition) is 3. The normalized spacial score (nSPS) is 14.5. The van der Waals surface area contributed by atoms with Crippen LogP contribution in [0.3, 0.4) is 0 Å². The van der Waals surface area contributed by atoms with E-state index in [1.165, 1.54) is 6.07 Å². The van der Waals surface area contributed by atoms with E-state index in [0.29, 0.717) is 11.1 Å². The van der Waals surface area contributed by atoms with Crippen molar-refractivity contribution in [3.8, 4) is 0 Å². The van der Waals surface area contributed by atoms with Crippen LogP contribution >= 0.6 is 0 Å². The van der Waals surface area contributed by atoms with Crippen molar-refractivity contribution in [3.05, 3.63) is 41.5 Å². The highest BCUT2D eigenvalue weighted by molar-refractivity contribution is 7.95. The van der Waals surface area contributed by atoms with Crippen molar-refractivity contribution in [2.24, 2.45) is 0 Å². The molecule has 1 aromatic rings. The van der Waals surface area contributed by atoms with Crippen LogP contribution in [0.2, 0.25) is 0 Å². The quantitative estimate of drug-likeness (QED) is 0.571. The number of carbonyl (C=O) groups excluding carboxylic acids is 1. The summed E-state index contributed by atoms with van der Waals surface area (Å²) in [6, 6.07) is 6.44. The molecule has 0 heterocycles. The van der Waals surface area contributed by atoms with Gasteiger partial charge in [-0.25, -0.2) is 4.79 Å². The van der Waals surface area contributed by atoms with Gasteiger partial charge in [0.1, 0.15) is 10.8 Å². The molecule has 76 valence electrons. The molecule has 0 amide bonds. The van der Waals surface area contributed by atoms with Gasteiger partial charge < -0.3 is 0 Å². The van der Waals surface area contributed by atoms with Gasteiger partial charge in [-0.3, -0.25) is 4.55 Å². The maximum absolute atomic E-state index is 11.0. The molecule has 0 radical (unpaired) electrons. The fourth-order valence-corrected chi connectivity index (χ4v) is 2.24. The molecule has 5 heteroatoms. The van der Waals surface area contributed by atoms with Crippen LogP contribution in [0.15, 0.2) is 30.3 Å². The van der Waals surface area contributed by atoms with Gasteiger partial charge in [-0.2, -0.15) is 8.42 Å². The lowest BCUT2D eigenvalue weighted by molar-refractivity contribution is 0.496. The number of fused-ring (bicyclic) bond motifs is 1. The summed E-state index contributed by atoms with van der Waals surface area (Å²) in [6.45, 7) is 0. The van der Waals surface area contributed by atoms with Crippen LogP contribution in [0.25, 0.3) is 10.5 Å². The summed E-state index contributed by atoms with van der Waals surface area (Å²) >= 11 is 0. The van der Waals surface area contributed by atoms with E-state index in [-0.39, 0.29) is 10.5 Å². The lowest BCUT2D eigenvalue weighted by atomic mass is 10.1. The van der Waals surface area contributed by atoms with Gasteiger partial charge in [0, 0.05) is 11.1 Å². The first-order valence-corrected chi connectivity index (χ1v) is 5.52. The Morgan fingerprint density at radius 3 is 2.27 bits per heavy atom. The molecule has 0 atom stereocenters. The number of allylic oxidation sites excluding steroid dienone is 2. The van der Waals surface area contributed by atoms with E-state index in [9.17, 15) is 13.2 Å². The van der Waals surface area contributed by atoms with Gasteiger partial charge in [-0.1, -0.05) is 24.3 Å². The molecule has 0 bridgehead atoms. The summed E-state index contributed by atoms with van der Waals surface area (Å²) in [7, 11) is -4.30. The zero-order chi connectivity index (χ0) is 11.1. The van der Waals surface area contributed by atoms with Crippen LogP contribution in [-0.4, -0.2) is 18.9 Å². The molecular weight excluding hydrogens is 216 g/mol. The van der Waals surface area contributed by atoms with Gasteiger partial charge in [-0.15, -0.1) is 0 Å². The molecule has 1 aliphatic rings. The molecule has 0 spiro atoms. The first-order chi connectivity index (χ1) is 7.04. The molecule has 1 aromatic carbocycles. The molecule has 1 aliphatic carbocycles. The maximum atomic E-state index is 11.0. The lowest BCUT2D eigenvalue weighted by Crippen LogP contribution is -1.98.